The van der Waals surface area contributed by atoms with Crippen LogP contribution in [0.4, 0.5) is 17.1 Å². The average molecular weight is 417 g/mol. The number of nitro benzene ring substituents is 1. The van der Waals surface area contributed by atoms with Gasteiger partial charge in [-0.25, -0.2) is 4.99 Å². The predicted molar refractivity (Wildman–Crippen MR) is 123 cm³/mol. The van der Waals surface area contributed by atoms with Crippen molar-refractivity contribution in [2.24, 2.45) is 9.98 Å². The number of benzene rings is 3. The maximum absolute atomic E-state index is 11.5. The van der Waals surface area contributed by atoms with Gasteiger partial charge in [-0.3, -0.25) is 15.1 Å². The van der Waals surface area contributed by atoms with Crippen molar-refractivity contribution in [3.63, 3.8) is 0 Å². The smallest absolute Gasteiger partial charge is 0.296 e. The molecule has 0 bridgehead atoms. The molecule has 0 aromatic heterocycles. The van der Waals surface area contributed by atoms with Gasteiger partial charge in [0.2, 0.25) is 0 Å². The Morgan fingerprint density at radius 3 is 1.81 bits per heavy atom. The number of hydrogen-bond acceptors (Lipinski definition) is 6. The summed E-state index contributed by atoms with van der Waals surface area (Å²) in [7, 11) is 0. The highest BCUT2D eigenvalue weighted by molar-refractivity contribution is 5.85. The first-order valence-corrected chi connectivity index (χ1v) is 9.91. The zero-order valence-electron chi connectivity index (χ0n) is 17.4. The van der Waals surface area contributed by atoms with Crippen molar-refractivity contribution in [1.82, 2.24) is 0 Å². The Morgan fingerprint density at radius 1 is 0.806 bits per heavy atom. The number of nitrogens with zero attached hydrogens (tertiary/aromatic N) is 3. The second kappa shape index (κ2) is 10.7. The third-order valence-electron chi connectivity index (χ3n) is 4.25. The van der Waals surface area contributed by atoms with Crippen LogP contribution in [0.2, 0.25) is 0 Å². The lowest BCUT2D eigenvalue weighted by molar-refractivity contribution is -0.384. The quantitative estimate of drug-likeness (QED) is 0.247. The molecule has 0 saturated carbocycles. The lowest BCUT2D eigenvalue weighted by atomic mass is 10.2. The summed E-state index contributed by atoms with van der Waals surface area (Å²) in [6.07, 6.45) is 3.23. The third kappa shape index (κ3) is 6.24. The maximum atomic E-state index is 11.5. The largest absolute Gasteiger partial charge is 0.494 e. The molecule has 3 aromatic carbocycles. The van der Waals surface area contributed by atoms with Gasteiger partial charge in [0.05, 0.1) is 23.8 Å². The molecule has 0 radical (unpaired) electrons. The van der Waals surface area contributed by atoms with Crippen LogP contribution in [0.15, 0.2) is 76.7 Å². The van der Waals surface area contributed by atoms with Crippen LogP contribution in [0.5, 0.6) is 11.5 Å². The Balaban J connectivity index is 1.76. The number of rotatable bonds is 9. The maximum Gasteiger partial charge on any atom is 0.296 e. The molecule has 3 aromatic rings. The van der Waals surface area contributed by atoms with E-state index in [2.05, 4.69) is 9.98 Å². The Hall–Kier alpha value is -4.00. The van der Waals surface area contributed by atoms with Gasteiger partial charge in [0.25, 0.3) is 5.69 Å². The number of hydrogen-bond donors (Lipinski definition) is 0. The number of aliphatic imine (C=N–C) groups is 2. The molecule has 0 aliphatic rings. The van der Waals surface area contributed by atoms with Gasteiger partial charge in [-0.15, -0.1) is 0 Å². The van der Waals surface area contributed by atoms with E-state index in [4.69, 9.17) is 9.47 Å². The van der Waals surface area contributed by atoms with E-state index in [0.717, 1.165) is 22.6 Å². The fourth-order valence-electron chi connectivity index (χ4n) is 2.77. The van der Waals surface area contributed by atoms with Gasteiger partial charge >= 0.3 is 0 Å². The molecule has 0 saturated heterocycles. The first-order chi connectivity index (χ1) is 15.1. The Bertz CT molecular complexity index is 1070. The molecule has 0 heterocycles. The van der Waals surface area contributed by atoms with Crippen LogP contribution in [0.25, 0.3) is 0 Å². The van der Waals surface area contributed by atoms with Crippen LogP contribution in [0, 0.1) is 10.1 Å². The van der Waals surface area contributed by atoms with Gasteiger partial charge in [0.1, 0.15) is 17.2 Å². The molecule has 0 atom stereocenters. The topological polar surface area (TPSA) is 86.3 Å². The van der Waals surface area contributed by atoms with Crippen molar-refractivity contribution >= 4 is 29.5 Å². The molecule has 3 rings (SSSR count). The molecule has 0 unspecified atom stereocenters. The van der Waals surface area contributed by atoms with Crippen LogP contribution in [0.1, 0.15) is 25.0 Å². The van der Waals surface area contributed by atoms with Gasteiger partial charge < -0.3 is 9.47 Å². The average Bonchev–Trinajstić information content (AvgIpc) is 2.79. The normalized spacial score (nSPS) is 11.2. The summed E-state index contributed by atoms with van der Waals surface area (Å²) in [6.45, 7) is 5.03. The minimum absolute atomic E-state index is 0.108. The molecule has 7 heteroatoms. The highest BCUT2D eigenvalue weighted by Crippen LogP contribution is 2.31. The summed E-state index contributed by atoms with van der Waals surface area (Å²) >= 11 is 0. The first kappa shape index (κ1) is 21.7. The molecular weight excluding hydrogens is 394 g/mol. The molecule has 0 amide bonds. The SMILES string of the molecule is CCOc1ccc(C=Nc2ccc(N=Cc3ccc(OCC)cc3)c([N+](=O)[O-])c2)cc1. The Morgan fingerprint density at radius 2 is 1.32 bits per heavy atom. The second-order valence-electron chi connectivity index (χ2n) is 6.45. The monoisotopic (exact) mass is 417 g/mol. The molecule has 7 nitrogen and oxygen atoms in total. The number of ether oxygens (including phenoxy) is 2. The zero-order valence-corrected chi connectivity index (χ0v) is 17.4. The molecule has 31 heavy (non-hydrogen) atoms. The van der Waals surface area contributed by atoms with E-state index in [1.807, 2.05) is 62.4 Å². The van der Waals surface area contributed by atoms with Crippen molar-refractivity contribution in [1.29, 1.82) is 0 Å². The highest BCUT2D eigenvalue weighted by Gasteiger charge is 2.13. The lowest BCUT2D eigenvalue weighted by Gasteiger charge is -2.03. The van der Waals surface area contributed by atoms with Crippen molar-refractivity contribution in [3.05, 3.63) is 88.0 Å². The van der Waals surface area contributed by atoms with Crippen LogP contribution in [0.3, 0.4) is 0 Å². The van der Waals surface area contributed by atoms with Crippen molar-refractivity contribution in [2.75, 3.05) is 13.2 Å². The molecule has 0 N–H and O–H groups in total. The van der Waals surface area contributed by atoms with Crippen LogP contribution < -0.4 is 9.47 Å². The second-order valence-corrected chi connectivity index (χ2v) is 6.45. The van der Waals surface area contributed by atoms with E-state index in [1.165, 1.54) is 6.07 Å². The van der Waals surface area contributed by atoms with E-state index < -0.39 is 4.92 Å². The van der Waals surface area contributed by atoms with E-state index in [-0.39, 0.29) is 11.4 Å². The van der Waals surface area contributed by atoms with E-state index in [0.29, 0.717) is 18.9 Å². The van der Waals surface area contributed by atoms with Crippen molar-refractivity contribution < 1.29 is 14.4 Å². The Labute approximate surface area is 180 Å². The van der Waals surface area contributed by atoms with Gasteiger partial charge in [-0.2, -0.15) is 0 Å². The molecule has 0 spiro atoms. The van der Waals surface area contributed by atoms with Gasteiger partial charge in [0, 0.05) is 18.5 Å². The van der Waals surface area contributed by atoms with Crippen LogP contribution >= 0.6 is 0 Å². The van der Waals surface area contributed by atoms with Gasteiger partial charge in [0.15, 0.2) is 0 Å². The summed E-state index contributed by atoms with van der Waals surface area (Å²) in [5.74, 6) is 1.55. The van der Waals surface area contributed by atoms with E-state index in [9.17, 15) is 10.1 Å². The first-order valence-electron chi connectivity index (χ1n) is 9.91. The van der Waals surface area contributed by atoms with Crippen LogP contribution in [-0.2, 0) is 0 Å². The predicted octanol–water partition coefficient (Wildman–Crippen LogP) is 5.89. The van der Waals surface area contributed by atoms with Gasteiger partial charge in [-0.1, -0.05) is 0 Å². The molecule has 0 aliphatic carbocycles. The van der Waals surface area contributed by atoms with E-state index in [1.54, 1.807) is 24.6 Å². The molecule has 0 fully saturated rings. The summed E-state index contributed by atoms with van der Waals surface area (Å²) in [5, 5.41) is 11.5. The molecule has 0 aliphatic heterocycles. The third-order valence-corrected chi connectivity index (χ3v) is 4.25. The molecule has 158 valence electrons. The van der Waals surface area contributed by atoms with Crippen molar-refractivity contribution in [3.8, 4) is 11.5 Å². The summed E-state index contributed by atoms with van der Waals surface area (Å²) in [6, 6.07) is 19.5. The summed E-state index contributed by atoms with van der Waals surface area (Å²) < 4.78 is 10.8. The fraction of sp³-hybridized carbons (Fsp3) is 0.167. The Kier molecular flexibility index (Phi) is 7.48. The lowest BCUT2D eigenvalue weighted by Crippen LogP contribution is -1.92. The molecular formula is C24H23N3O4. The fourth-order valence-corrected chi connectivity index (χ4v) is 2.77. The summed E-state index contributed by atoms with van der Waals surface area (Å²) in [5.41, 5.74) is 2.31. The van der Waals surface area contributed by atoms with Crippen LogP contribution in [-0.4, -0.2) is 30.6 Å². The number of nitro groups is 1. The van der Waals surface area contributed by atoms with Crippen molar-refractivity contribution in [2.45, 2.75) is 13.8 Å². The minimum atomic E-state index is -0.458. The highest BCUT2D eigenvalue weighted by atomic mass is 16.6. The van der Waals surface area contributed by atoms with Gasteiger partial charge in [-0.05, 0) is 85.6 Å². The standard InChI is InChI=1S/C24H23N3O4/c1-3-30-21-10-5-18(6-11-21)16-25-20-9-14-23(24(15-20)27(28)29)26-17-19-7-12-22(13-8-19)31-4-2/h5-17H,3-4H2,1-2H3. The summed E-state index contributed by atoms with van der Waals surface area (Å²) in [4.78, 5) is 19.7. The minimum Gasteiger partial charge on any atom is -0.494 e. The van der Waals surface area contributed by atoms with E-state index >= 15 is 0 Å². The zero-order chi connectivity index (χ0) is 22.1.